The first-order valence-electron chi connectivity index (χ1n) is 7.98. The monoisotopic (exact) mass is 372 g/mol. The largest absolute Gasteiger partial charge is 0.271 e. The van der Waals surface area contributed by atoms with E-state index in [1.807, 2.05) is 6.92 Å². The van der Waals surface area contributed by atoms with Crippen molar-refractivity contribution in [3.63, 3.8) is 0 Å². The van der Waals surface area contributed by atoms with E-state index in [9.17, 15) is 14.0 Å². The van der Waals surface area contributed by atoms with Gasteiger partial charge in [0.2, 0.25) is 0 Å². The molecule has 0 bridgehead atoms. The fraction of sp³-hybridized carbons (Fsp3) is 0.222. The Morgan fingerprint density at radius 3 is 2.38 bits per heavy atom. The number of carbonyl (C=O) groups is 2. The van der Waals surface area contributed by atoms with Gasteiger partial charge in [0.1, 0.15) is 5.82 Å². The zero-order valence-corrected chi connectivity index (χ0v) is 14.7. The molecule has 0 spiro atoms. The van der Waals surface area contributed by atoms with Crippen molar-refractivity contribution in [3.8, 4) is 0 Å². The highest BCUT2D eigenvalue weighted by Gasteiger charge is 2.55. The number of hydrogen-bond acceptors (Lipinski definition) is 5. The molecule has 6 nitrogen and oxygen atoms in total. The fourth-order valence-corrected chi connectivity index (χ4v) is 3.25. The van der Waals surface area contributed by atoms with E-state index in [0.29, 0.717) is 22.0 Å². The first kappa shape index (κ1) is 16.7. The Kier molecular flexibility index (Phi) is 3.77. The molecule has 1 fully saturated rings. The molecule has 0 radical (unpaired) electrons. The SMILES string of the molecule is Cc1ccc(N2N=N[C@@H]3C(=O)N(c4ccc(C)c(Cl)c4)C(=O)[C@H]32)cc1F. The van der Waals surface area contributed by atoms with Gasteiger partial charge in [-0.3, -0.25) is 9.59 Å². The number of carbonyl (C=O) groups excluding carboxylic acids is 2. The van der Waals surface area contributed by atoms with Crippen LogP contribution in [0.2, 0.25) is 5.02 Å². The highest BCUT2D eigenvalue weighted by atomic mass is 35.5. The molecule has 132 valence electrons. The smallest absolute Gasteiger partial charge is 0.263 e. The Bertz CT molecular complexity index is 978. The van der Waals surface area contributed by atoms with Gasteiger partial charge in [-0.25, -0.2) is 14.3 Å². The van der Waals surface area contributed by atoms with E-state index in [0.717, 1.165) is 10.5 Å². The minimum absolute atomic E-state index is 0.370. The van der Waals surface area contributed by atoms with E-state index in [2.05, 4.69) is 10.3 Å². The van der Waals surface area contributed by atoms with Gasteiger partial charge >= 0.3 is 0 Å². The van der Waals surface area contributed by atoms with Crippen molar-refractivity contribution >= 4 is 34.8 Å². The van der Waals surface area contributed by atoms with Crippen LogP contribution < -0.4 is 9.91 Å². The van der Waals surface area contributed by atoms with Gasteiger partial charge in [0.05, 0.1) is 11.4 Å². The van der Waals surface area contributed by atoms with E-state index in [4.69, 9.17) is 11.6 Å². The first-order valence-corrected chi connectivity index (χ1v) is 8.36. The minimum atomic E-state index is -0.952. The number of imide groups is 1. The molecule has 2 amide bonds. The Hall–Kier alpha value is -2.80. The number of fused-ring (bicyclic) bond motifs is 1. The number of anilines is 2. The maximum Gasteiger partial charge on any atom is 0.263 e. The van der Waals surface area contributed by atoms with Crippen LogP contribution in [0, 0.1) is 19.7 Å². The summed E-state index contributed by atoms with van der Waals surface area (Å²) in [7, 11) is 0. The van der Waals surface area contributed by atoms with Gasteiger partial charge in [-0.05, 0) is 49.2 Å². The van der Waals surface area contributed by atoms with Crippen LogP contribution in [-0.2, 0) is 9.59 Å². The summed E-state index contributed by atoms with van der Waals surface area (Å²) in [6, 6.07) is 7.60. The van der Waals surface area contributed by atoms with Gasteiger partial charge in [-0.15, -0.1) is 0 Å². The van der Waals surface area contributed by atoms with Gasteiger partial charge in [-0.1, -0.05) is 29.0 Å². The van der Waals surface area contributed by atoms with E-state index in [1.54, 1.807) is 37.3 Å². The van der Waals surface area contributed by atoms with Crippen LogP contribution in [-0.4, -0.2) is 23.9 Å². The first-order chi connectivity index (χ1) is 12.4. The normalized spacial score (nSPS) is 21.7. The van der Waals surface area contributed by atoms with E-state index < -0.39 is 29.7 Å². The van der Waals surface area contributed by atoms with E-state index in [1.165, 1.54) is 11.1 Å². The lowest BCUT2D eigenvalue weighted by Gasteiger charge is -2.21. The van der Waals surface area contributed by atoms with Gasteiger partial charge < -0.3 is 0 Å². The second-order valence-corrected chi connectivity index (χ2v) is 6.73. The quantitative estimate of drug-likeness (QED) is 0.756. The van der Waals surface area contributed by atoms with Crippen LogP contribution in [0.4, 0.5) is 15.8 Å². The van der Waals surface area contributed by atoms with Crippen molar-refractivity contribution in [1.29, 1.82) is 0 Å². The summed E-state index contributed by atoms with van der Waals surface area (Å²) >= 11 is 6.12. The third-order valence-electron chi connectivity index (χ3n) is 4.62. The van der Waals surface area contributed by atoms with Crippen LogP contribution in [0.3, 0.4) is 0 Å². The molecule has 2 atom stereocenters. The van der Waals surface area contributed by atoms with Crippen molar-refractivity contribution in [1.82, 2.24) is 0 Å². The number of halogens is 2. The number of amides is 2. The summed E-state index contributed by atoms with van der Waals surface area (Å²) < 4.78 is 13.9. The molecule has 2 aliphatic heterocycles. The molecule has 0 aromatic heterocycles. The van der Waals surface area contributed by atoms with Crippen LogP contribution in [0.15, 0.2) is 46.7 Å². The Morgan fingerprint density at radius 1 is 1.00 bits per heavy atom. The van der Waals surface area contributed by atoms with E-state index in [-0.39, 0.29) is 0 Å². The molecule has 2 aromatic carbocycles. The van der Waals surface area contributed by atoms with Gasteiger partial charge in [0.25, 0.3) is 11.8 Å². The molecule has 4 rings (SSSR count). The maximum absolute atomic E-state index is 13.9. The average molecular weight is 373 g/mol. The molecule has 26 heavy (non-hydrogen) atoms. The number of aryl methyl sites for hydroxylation is 2. The van der Waals surface area contributed by atoms with Crippen LogP contribution >= 0.6 is 11.6 Å². The summed E-state index contributed by atoms with van der Waals surface area (Å²) in [4.78, 5) is 26.7. The molecule has 8 heteroatoms. The van der Waals surface area contributed by atoms with Crippen LogP contribution in [0.25, 0.3) is 0 Å². The molecular formula is C18H14ClFN4O2. The van der Waals surface area contributed by atoms with Gasteiger partial charge in [0.15, 0.2) is 12.1 Å². The van der Waals surface area contributed by atoms with Crippen molar-refractivity contribution in [3.05, 3.63) is 58.4 Å². The van der Waals surface area contributed by atoms with Crippen LogP contribution in [0.1, 0.15) is 11.1 Å². The molecule has 2 aliphatic rings. The third kappa shape index (κ3) is 2.39. The Balaban J connectivity index is 1.71. The van der Waals surface area contributed by atoms with Gasteiger partial charge in [-0.2, -0.15) is 5.11 Å². The number of rotatable bonds is 2. The predicted octanol–water partition coefficient (Wildman–Crippen LogP) is 3.59. The minimum Gasteiger partial charge on any atom is -0.271 e. The van der Waals surface area contributed by atoms with Crippen LogP contribution in [0.5, 0.6) is 0 Å². The topological polar surface area (TPSA) is 65.3 Å². The second-order valence-electron chi connectivity index (χ2n) is 6.32. The summed E-state index contributed by atoms with van der Waals surface area (Å²) in [5.74, 6) is -1.36. The lowest BCUT2D eigenvalue weighted by Crippen LogP contribution is -2.40. The summed E-state index contributed by atoms with van der Waals surface area (Å²) in [6.07, 6.45) is 0. The number of hydrogen-bond donors (Lipinski definition) is 0. The third-order valence-corrected chi connectivity index (χ3v) is 5.02. The molecule has 1 saturated heterocycles. The average Bonchev–Trinajstić information content (AvgIpc) is 3.14. The highest BCUT2D eigenvalue weighted by Crippen LogP contribution is 2.36. The van der Waals surface area contributed by atoms with Crippen molar-refractivity contribution in [2.45, 2.75) is 25.9 Å². The highest BCUT2D eigenvalue weighted by molar-refractivity contribution is 6.32. The second kappa shape index (κ2) is 5.88. The molecule has 0 unspecified atom stereocenters. The Labute approximate surface area is 153 Å². The number of nitrogens with zero attached hydrogens (tertiary/aromatic N) is 4. The number of benzene rings is 2. The van der Waals surface area contributed by atoms with Crippen molar-refractivity contribution < 1.29 is 14.0 Å². The molecule has 0 saturated carbocycles. The predicted molar refractivity (Wildman–Crippen MR) is 94.7 cm³/mol. The lowest BCUT2D eigenvalue weighted by molar-refractivity contribution is -0.121. The fourth-order valence-electron chi connectivity index (χ4n) is 3.07. The molecule has 0 aliphatic carbocycles. The molecule has 2 aromatic rings. The van der Waals surface area contributed by atoms with E-state index >= 15 is 0 Å². The molecule has 2 heterocycles. The van der Waals surface area contributed by atoms with Gasteiger partial charge in [0, 0.05) is 5.02 Å². The molecular weight excluding hydrogens is 359 g/mol. The van der Waals surface area contributed by atoms with Crippen molar-refractivity contribution in [2.24, 2.45) is 10.3 Å². The Morgan fingerprint density at radius 2 is 1.69 bits per heavy atom. The zero-order chi connectivity index (χ0) is 18.6. The van der Waals surface area contributed by atoms with Crippen molar-refractivity contribution in [2.75, 3.05) is 9.91 Å². The standard InChI is InChI=1S/C18H14ClFN4O2/c1-9-3-5-11(7-13(9)19)23-17(25)15-16(18(23)26)24(22-21-15)12-6-4-10(2)14(20)8-12/h3-8,15-16H,1-2H3/t15-,16-/m0/s1. The maximum atomic E-state index is 13.9. The summed E-state index contributed by atoms with van der Waals surface area (Å²) in [5.41, 5.74) is 2.07. The summed E-state index contributed by atoms with van der Waals surface area (Å²) in [5, 5.41) is 9.61. The summed E-state index contributed by atoms with van der Waals surface area (Å²) in [6.45, 7) is 3.47. The zero-order valence-electron chi connectivity index (χ0n) is 14.0. The molecule has 0 N–H and O–H groups in total. The lowest BCUT2D eigenvalue weighted by atomic mass is 10.1.